The van der Waals surface area contributed by atoms with E-state index in [9.17, 15) is 9.59 Å². The molecule has 1 fully saturated rings. The van der Waals surface area contributed by atoms with E-state index in [1.807, 2.05) is 30.0 Å². The number of amides is 1. The van der Waals surface area contributed by atoms with Crippen molar-refractivity contribution >= 4 is 16.8 Å². The minimum atomic E-state index is -0.154. The number of aromatic nitrogens is 1. The van der Waals surface area contributed by atoms with Crippen LogP contribution >= 0.6 is 0 Å². The van der Waals surface area contributed by atoms with Crippen LogP contribution in [0.3, 0.4) is 0 Å². The standard InChI is InChI=1S/C18H22N2O4/c1-12-11-24-8-7-20(12)17(21)6-4-14-9-13-3-5-15(23-2)10-16(13)19-18(14)22/h3,5,9-10,12H,4,6-8,11H2,1-2H3,(H,19,22). The number of rotatable bonds is 4. The molecule has 1 N–H and O–H groups in total. The molecular weight excluding hydrogens is 308 g/mol. The van der Waals surface area contributed by atoms with Gasteiger partial charge in [0.1, 0.15) is 5.75 Å². The molecule has 0 spiro atoms. The van der Waals surface area contributed by atoms with Gasteiger partial charge < -0.3 is 19.4 Å². The van der Waals surface area contributed by atoms with Gasteiger partial charge in [0.05, 0.1) is 31.9 Å². The molecule has 3 rings (SSSR count). The first-order chi connectivity index (χ1) is 11.6. The molecule has 0 bridgehead atoms. The lowest BCUT2D eigenvalue weighted by atomic mass is 10.1. The summed E-state index contributed by atoms with van der Waals surface area (Å²) in [6, 6.07) is 7.49. The van der Waals surface area contributed by atoms with E-state index in [-0.39, 0.29) is 17.5 Å². The molecule has 1 aliphatic heterocycles. The van der Waals surface area contributed by atoms with E-state index >= 15 is 0 Å². The van der Waals surface area contributed by atoms with Gasteiger partial charge in [-0.05, 0) is 36.9 Å². The summed E-state index contributed by atoms with van der Waals surface area (Å²) in [6.07, 6.45) is 0.759. The molecule has 0 aliphatic carbocycles. The number of morpholine rings is 1. The Labute approximate surface area is 140 Å². The summed E-state index contributed by atoms with van der Waals surface area (Å²) in [6.45, 7) is 3.75. The van der Waals surface area contributed by atoms with Gasteiger partial charge in [-0.1, -0.05) is 0 Å². The Balaban J connectivity index is 1.74. The number of fused-ring (bicyclic) bond motifs is 1. The van der Waals surface area contributed by atoms with Gasteiger partial charge in [-0.2, -0.15) is 0 Å². The predicted molar refractivity (Wildman–Crippen MR) is 91.4 cm³/mol. The Bertz CT molecular complexity index is 799. The number of aryl methyl sites for hydroxylation is 1. The molecule has 6 nitrogen and oxygen atoms in total. The Kier molecular flexibility index (Phi) is 4.85. The molecule has 1 amide bonds. The Morgan fingerprint density at radius 1 is 1.42 bits per heavy atom. The third-order valence-electron chi connectivity index (χ3n) is 4.43. The van der Waals surface area contributed by atoms with Crippen molar-refractivity contribution in [2.75, 3.05) is 26.9 Å². The highest BCUT2D eigenvalue weighted by Crippen LogP contribution is 2.19. The molecule has 0 saturated carbocycles. The van der Waals surface area contributed by atoms with Crippen molar-refractivity contribution in [2.24, 2.45) is 0 Å². The number of hydrogen-bond donors (Lipinski definition) is 1. The number of carbonyl (C=O) groups excluding carboxylic acids is 1. The number of methoxy groups -OCH3 is 1. The van der Waals surface area contributed by atoms with Crippen LogP contribution in [-0.4, -0.2) is 48.7 Å². The highest BCUT2D eigenvalue weighted by atomic mass is 16.5. The minimum absolute atomic E-state index is 0.0695. The quantitative estimate of drug-likeness (QED) is 0.926. The van der Waals surface area contributed by atoms with E-state index in [0.717, 1.165) is 10.9 Å². The van der Waals surface area contributed by atoms with Crippen LogP contribution in [0.15, 0.2) is 29.1 Å². The molecule has 1 unspecified atom stereocenters. The normalized spacial score (nSPS) is 17.9. The number of nitrogens with zero attached hydrogens (tertiary/aromatic N) is 1. The van der Waals surface area contributed by atoms with Crippen LogP contribution in [0.5, 0.6) is 5.75 Å². The smallest absolute Gasteiger partial charge is 0.251 e. The highest BCUT2D eigenvalue weighted by Gasteiger charge is 2.23. The molecule has 128 valence electrons. The second kappa shape index (κ2) is 7.05. The monoisotopic (exact) mass is 330 g/mol. The average molecular weight is 330 g/mol. The van der Waals surface area contributed by atoms with Crippen molar-refractivity contribution in [3.8, 4) is 5.75 Å². The van der Waals surface area contributed by atoms with Crippen LogP contribution in [0.2, 0.25) is 0 Å². The van der Waals surface area contributed by atoms with Gasteiger partial charge in [0.25, 0.3) is 5.56 Å². The summed E-state index contributed by atoms with van der Waals surface area (Å²) in [5, 5.41) is 0.928. The summed E-state index contributed by atoms with van der Waals surface area (Å²) in [7, 11) is 1.59. The largest absolute Gasteiger partial charge is 0.497 e. The highest BCUT2D eigenvalue weighted by molar-refractivity contribution is 5.81. The van der Waals surface area contributed by atoms with Crippen LogP contribution in [0.25, 0.3) is 10.9 Å². The summed E-state index contributed by atoms with van der Waals surface area (Å²) in [5.74, 6) is 0.766. The van der Waals surface area contributed by atoms with Gasteiger partial charge in [0.15, 0.2) is 0 Å². The van der Waals surface area contributed by atoms with E-state index in [2.05, 4.69) is 4.98 Å². The Morgan fingerprint density at radius 2 is 2.25 bits per heavy atom. The topological polar surface area (TPSA) is 71.6 Å². The van der Waals surface area contributed by atoms with E-state index in [4.69, 9.17) is 9.47 Å². The molecule has 0 radical (unpaired) electrons. The zero-order valence-electron chi connectivity index (χ0n) is 14.0. The van der Waals surface area contributed by atoms with E-state index < -0.39 is 0 Å². The van der Waals surface area contributed by atoms with Crippen molar-refractivity contribution in [1.82, 2.24) is 9.88 Å². The fraction of sp³-hybridized carbons (Fsp3) is 0.444. The van der Waals surface area contributed by atoms with Gasteiger partial charge in [0.2, 0.25) is 5.91 Å². The summed E-state index contributed by atoms with van der Waals surface area (Å²) >= 11 is 0. The average Bonchev–Trinajstić information content (AvgIpc) is 2.59. The minimum Gasteiger partial charge on any atom is -0.497 e. The summed E-state index contributed by atoms with van der Waals surface area (Å²) in [4.78, 5) is 29.3. The maximum atomic E-state index is 12.4. The number of hydrogen-bond acceptors (Lipinski definition) is 4. The van der Waals surface area contributed by atoms with Gasteiger partial charge in [-0.25, -0.2) is 0 Å². The van der Waals surface area contributed by atoms with Crippen LogP contribution in [0.1, 0.15) is 18.9 Å². The molecular formula is C18H22N2O4. The van der Waals surface area contributed by atoms with E-state index in [1.165, 1.54) is 0 Å². The number of carbonyl (C=O) groups is 1. The van der Waals surface area contributed by atoms with Crippen LogP contribution in [-0.2, 0) is 16.0 Å². The number of ether oxygens (including phenoxy) is 2. The first kappa shape index (κ1) is 16.5. The second-order valence-corrected chi connectivity index (χ2v) is 6.09. The third kappa shape index (κ3) is 3.43. The number of nitrogens with one attached hydrogen (secondary N) is 1. The van der Waals surface area contributed by atoms with Crippen LogP contribution < -0.4 is 10.3 Å². The van der Waals surface area contributed by atoms with Crippen molar-refractivity contribution < 1.29 is 14.3 Å². The van der Waals surface area contributed by atoms with Crippen molar-refractivity contribution in [1.29, 1.82) is 0 Å². The molecule has 6 heteroatoms. The zero-order valence-corrected chi connectivity index (χ0v) is 14.0. The SMILES string of the molecule is COc1ccc2cc(CCC(=O)N3CCOCC3C)c(=O)[nH]c2c1. The molecule has 1 aromatic carbocycles. The molecule has 1 aromatic heterocycles. The van der Waals surface area contributed by atoms with Gasteiger partial charge in [-0.3, -0.25) is 9.59 Å². The van der Waals surface area contributed by atoms with E-state index in [1.54, 1.807) is 13.2 Å². The van der Waals surface area contributed by atoms with Crippen LogP contribution in [0, 0.1) is 0 Å². The summed E-state index contributed by atoms with van der Waals surface area (Å²) < 4.78 is 10.5. The lowest BCUT2D eigenvalue weighted by molar-refractivity contribution is -0.139. The third-order valence-corrected chi connectivity index (χ3v) is 4.43. The number of benzene rings is 1. The Hall–Kier alpha value is -2.34. The van der Waals surface area contributed by atoms with E-state index in [0.29, 0.717) is 43.9 Å². The number of H-pyrrole nitrogens is 1. The summed E-state index contributed by atoms with van der Waals surface area (Å²) in [5.41, 5.74) is 1.21. The van der Waals surface area contributed by atoms with Crippen molar-refractivity contribution in [2.45, 2.75) is 25.8 Å². The van der Waals surface area contributed by atoms with Crippen molar-refractivity contribution in [3.05, 3.63) is 40.2 Å². The van der Waals surface area contributed by atoms with Gasteiger partial charge in [-0.15, -0.1) is 0 Å². The zero-order chi connectivity index (χ0) is 17.1. The molecule has 2 aromatic rings. The lowest BCUT2D eigenvalue weighted by Crippen LogP contribution is -2.47. The van der Waals surface area contributed by atoms with Crippen molar-refractivity contribution in [3.63, 3.8) is 0 Å². The molecule has 1 atom stereocenters. The molecule has 24 heavy (non-hydrogen) atoms. The maximum Gasteiger partial charge on any atom is 0.251 e. The maximum absolute atomic E-state index is 12.4. The molecule has 2 heterocycles. The first-order valence-corrected chi connectivity index (χ1v) is 8.15. The fourth-order valence-electron chi connectivity index (χ4n) is 3.02. The van der Waals surface area contributed by atoms with Crippen LogP contribution in [0.4, 0.5) is 0 Å². The molecule has 1 saturated heterocycles. The van der Waals surface area contributed by atoms with Gasteiger partial charge >= 0.3 is 0 Å². The first-order valence-electron chi connectivity index (χ1n) is 8.15. The second-order valence-electron chi connectivity index (χ2n) is 6.09. The Morgan fingerprint density at radius 3 is 3.00 bits per heavy atom. The number of aromatic amines is 1. The molecule has 1 aliphatic rings. The number of pyridine rings is 1. The van der Waals surface area contributed by atoms with Gasteiger partial charge in [0, 0.05) is 24.6 Å². The fourth-order valence-corrected chi connectivity index (χ4v) is 3.02. The predicted octanol–water partition coefficient (Wildman–Crippen LogP) is 1.72. The lowest BCUT2D eigenvalue weighted by Gasteiger charge is -2.33.